The van der Waals surface area contributed by atoms with Crippen LogP contribution in [0.25, 0.3) is 0 Å². The number of ether oxygens (including phenoxy) is 4. The van der Waals surface area contributed by atoms with Crippen LogP contribution >= 0.6 is 0 Å². The Morgan fingerprint density at radius 3 is 2.78 bits per heavy atom. The Labute approximate surface area is 136 Å². The van der Waals surface area contributed by atoms with E-state index in [9.17, 15) is 0 Å². The Balaban J connectivity index is 1.60. The molecule has 2 heterocycles. The quantitative estimate of drug-likeness (QED) is 0.786. The van der Waals surface area contributed by atoms with Crippen molar-refractivity contribution in [2.45, 2.75) is 25.7 Å². The Bertz CT molecular complexity index is 612. The Kier molecular flexibility index (Phi) is 5.45. The molecular formula is C18H21NO4. The van der Waals surface area contributed by atoms with Gasteiger partial charge >= 0.3 is 0 Å². The van der Waals surface area contributed by atoms with Gasteiger partial charge in [0.1, 0.15) is 6.10 Å². The van der Waals surface area contributed by atoms with E-state index in [0.717, 1.165) is 24.3 Å². The molecule has 1 aromatic carbocycles. The Morgan fingerprint density at radius 2 is 2.04 bits per heavy atom. The van der Waals surface area contributed by atoms with Crippen molar-refractivity contribution >= 4 is 0 Å². The molecule has 1 fully saturated rings. The number of hydrogen-bond donors (Lipinski definition) is 0. The van der Waals surface area contributed by atoms with Crippen LogP contribution in [0.3, 0.4) is 0 Å². The number of hydrogen-bond acceptors (Lipinski definition) is 5. The Hall–Kier alpha value is -2.11. The lowest BCUT2D eigenvalue weighted by molar-refractivity contribution is 0.103. The van der Waals surface area contributed by atoms with Crippen molar-refractivity contribution in [3.63, 3.8) is 0 Å². The van der Waals surface area contributed by atoms with Gasteiger partial charge in [0.2, 0.25) is 0 Å². The summed E-state index contributed by atoms with van der Waals surface area (Å²) in [6.07, 6.45) is 2.64. The Morgan fingerprint density at radius 1 is 1.17 bits per heavy atom. The smallest absolute Gasteiger partial charge is 0.179 e. The highest BCUT2D eigenvalue weighted by Crippen LogP contribution is 2.29. The molecule has 2 aromatic rings. The van der Waals surface area contributed by atoms with Gasteiger partial charge in [-0.15, -0.1) is 0 Å². The van der Waals surface area contributed by atoms with Crippen LogP contribution in [0.2, 0.25) is 0 Å². The third kappa shape index (κ3) is 4.43. The van der Waals surface area contributed by atoms with E-state index in [4.69, 9.17) is 18.9 Å². The fraction of sp³-hybridized carbons (Fsp3) is 0.389. The summed E-state index contributed by atoms with van der Waals surface area (Å²) < 4.78 is 22.3. The average Bonchev–Trinajstić information content (AvgIpc) is 3.09. The summed E-state index contributed by atoms with van der Waals surface area (Å²) in [7, 11) is 1.61. The van der Waals surface area contributed by atoms with Crippen molar-refractivity contribution in [1.29, 1.82) is 0 Å². The summed E-state index contributed by atoms with van der Waals surface area (Å²) in [5.41, 5.74) is 1.95. The minimum absolute atomic E-state index is 0.0735. The van der Waals surface area contributed by atoms with Crippen LogP contribution in [0.4, 0.5) is 0 Å². The molecule has 1 unspecified atom stereocenters. The van der Waals surface area contributed by atoms with E-state index in [1.165, 1.54) is 0 Å². The van der Waals surface area contributed by atoms with Crippen molar-refractivity contribution in [3.8, 4) is 11.5 Å². The van der Waals surface area contributed by atoms with Gasteiger partial charge in [0, 0.05) is 12.5 Å². The molecule has 0 saturated carbocycles. The van der Waals surface area contributed by atoms with Crippen LogP contribution < -0.4 is 9.47 Å². The van der Waals surface area contributed by atoms with E-state index in [-0.39, 0.29) is 6.10 Å². The van der Waals surface area contributed by atoms with Crippen LogP contribution in [0.1, 0.15) is 17.7 Å². The van der Waals surface area contributed by atoms with E-state index in [1.54, 1.807) is 13.3 Å². The van der Waals surface area contributed by atoms with Gasteiger partial charge < -0.3 is 18.9 Å². The lowest BCUT2D eigenvalue weighted by Crippen LogP contribution is -2.16. The predicted molar refractivity (Wildman–Crippen MR) is 85.6 cm³/mol. The van der Waals surface area contributed by atoms with Gasteiger partial charge in [0.15, 0.2) is 11.5 Å². The summed E-state index contributed by atoms with van der Waals surface area (Å²) >= 11 is 0. The van der Waals surface area contributed by atoms with Gasteiger partial charge in [-0.1, -0.05) is 30.3 Å². The zero-order valence-electron chi connectivity index (χ0n) is 13.2. The van der Waals surface area contributed by atoms with E-state index < -0.39 is 0 Å². The molecule has 1 saturated heterocycles. The molecule has 5 nitrogen and oxygen atoms in total. The van der Waals surface area contributed by atoms with E-state index in [0.29, 0.717) is 31.3 Å². The standard InChI is InChI=1S/C18H21NO4/c1-20-18-10-19-15(9-17(18)23-16-7-8-21-13-16)12-22-11-14-5-3-2-4-6-14/h2-6,9-10,16H,7-8,11-13H2,1H3. The molecule has 0 radical (unpaired) electrons. The SMILES string of the molecule is COc1cnc(COCc2ccccc2)cc1OC1CCOC1. The van der Waals surface area contributed by atoms with Crippen LogP contribution in [0.5, 0.6) is 11.5 Å². The maximum atomic E-state index is 5.96. The maximum absolute atomic E-state index is 5.96. The highest BCUT2D eigenvalue weighted by Gasteiger charge is 2.19. The molecule has 0 aliphatic carbocycles. The molecular weight excluding hydrogens is 294 g/mol. The molecule has 0 N–H and O–H groups in total. The van der Waals surface area contributed by atoms with Crippen LogP contribution in [0.15, 0.2) is 42.6 Å². The van der Waals surface area contributed by atoms with E-state index in [1.807, 2.05) is 36.4 Å². The first kappa shape index (κ1) is 15.8. The number of rotatable bonds is 7. The average molecular weight is 315 g/mol. The number of methoxy groups -OCH3 is 1. The minimum atomic E-state index is 0.0735. The fourth-order valence-corrected chi connectivity index (χ4v) is 2.42. The number of pyridine rings is 1. The molecule has 1 atom stereocenters. The third-order valence-electron chi connectivity index (χ3n) is 3.65. The molecule has 1 aliphatic heterocycles. The molecule has 23 heavy (non-hydrogen) atoms. The summed E-state index contributed by atoms with van der Waals surface area (Å²) in [6.45, 7) is 2.34. The number of benzene rings is 1. The summed E-state index contributed by atoms with van der Waals surface area (Å²) in [5.74, 6) is 1.32. The second-order valence-corrected chi connectivity index (χ2v) is 5.41. The number of nitrogens with zero attached hydrogens (tertiary/aromatic N) is 1. The first-order valence-electron chi connectivity index (χ1n) is 7.74. The third-order valence-corrected chi connectivity index (χ3v) is 3.65. The van der Waals surface area contributed by atoms with Crippen LogP contribution in [0, 0.1) is 0 Å². The molecule has 0 bridgehead atoms. The van der Waals surface area contributed by atoms with Crippen molar-refractivity contribution in [1.82, 2.24) is 4.98 Å². The van der Waals surface area contributed by atoms with E-state index >= 15 is 0 Å². The van der Waals surface area contributed by atoms with Gasteiger partial charge in [0.05, 0.1) is 45.4 Å². The summed E-state index contributed by atoms with van der Waals surface area (Å²) in [4.78, 5) is 4.35. The topological polar surface area (TPSA) is 49.8 Å². The molecule has 0 spiro atoms. The zero-order chi connectivity index (χ0) is 15.9. The van der Waals surface area contributed by atoms with Crippen molar-refractivity contribution in [3.05, 3.63) is 53.9 Å². The van der Waals surface area contributed by atoms with Crippen molar-refractivity contribution in [2.24, 2.45) is 0 Å². The number of aromatic nitrogens is 1. The lowest BCUT2D eigenvalue weighted by atomic mass is 10.2. The predicted octanol–water partition coefficient (Wildman–Crippen LogP) is 2.97. The minimum Gasteiger partial charge on any atom is -0.491 e. The van der Waals surface area contributed by atoms with E-state index in [2.05, 4.69) is 4.98 Å². The van der Waals surface area contributed by atoms with Crippen LogP contribution in [-0.2, 0) is 22.7 Å². The molecule has 1 aliphatic rings. The second-order valence-electron chi connectivity index (χ2n) is 5.41. The first-order valence-corrected chi connectivity index (χ1v) is 7.74. The fourth-order valence-electron chi connectivity index (χ4n) is 2.42. The van der Waals surface area contributed by atoms with Crippen LogP contribution in [-0.4, -0.2) is 31.4 Å². The van der Waals surface area contributed by atoms with Gasteiger partial charge in [-0.05, 0) is 5.56 Å². The summed E-state index contributed by atoms with van der Waals surface area (Å²) in [5, 5.41) is 0. The second kappa shape index (κ2) is 7.94. The monoisotopic (exact) mass is 315 g/mol. The van der Waals surface area contributed by atoms with Crippen molar-refractivity contribution in [2.75, 3.05) is 20.3 Å². The molecule has 0 amide bonds. The molecule has 5 heteroatoms. The van der Waals surface area contributed by atoms with Gasteiger partial charge in [0.25, 0.3) is 0 Å². The van der Waals surface area contributed by atoms with Gasteiger partial charge in [-0.3, -0.25) is 4.98 Å². The summed E-state index contributed by atoms with van der Waals surface area (Å²) in [6, 6.07) is 11.9. The van der Waals surface area contributed by atoms with Gasteiger partial charge in [-0.2, -0.15) is 0 Å². The molecule has 122 valence electrons. The highest BCUT2D eigenvalue weighted by molar-refractivity contribution is 5.39. The highest BCUT2D eigenvalue weighted by atomic mass is 16.6. The zero-order valence-corrected chi connectivity index (χ0v) is 13.2. The maximum Gasteiger partial charge on any atom is 0.179 e. The van der Waals surface area contributed by atoms with Crippen molar-refractivity contribution < 1.29 is 18.9 Å². The molecule has 3 rings (SSSR count). The van der Waals surface area contributed by atoms with Gasteiger partial charge in [-0.25, -0.2) is 0 Å². The lowest BCUT2D eigenvalue weighted by Gasteiger charge is -2.15. The molecule has 1 aromatic heterocycles. The largest absolute Gasteiger partial charge is 0.491 e. The normalized spacial score (nSPS) is 17.2. The first-order chi connectivity index (χ1) is 11.3.